The van der Waals surface area contributed by atoms with Gasteiger partial charge in [0.05, 0.1) is 33.1 Å². The van der Waals surface area contributed by atoms with Crippen LogP contribution in [-0.2, 0) is 0 Å². The van der Waals surface area contributed by atoms with Gasteiger partial charge in [0, 0.05) is 21.9 Å². The van der Waals surface area contributed by atoms with Crippen molar-refractivity contribution in [1.82, 2.24) is 25.0 Å². The molecule has 7 rings (SSSR count). The van der Waals surface area contributed by atoms with Gasteiger partial charge >= 0.3 is 0 Å². The third-order valence-corrected chi connectivity index (χ3v) is 8.64. The second-order valence-corrected chi connectivity index (χ2v) is 10.8. The first-order valence-electron chi connectivity index (χ1n) is 12.0. The summed E-state index contributed by atoms with van der Waals surface area (Å²) in [6.07, 6.45) is 1.90. The second-order valence-electron chi connectivity index (χ2n) is 9.84. The van der Waals surface area contributed by atoms with Crippen molar-refractivity contribution in [2.75, 3.05) is 0 Å². The number of fused-ring (bicyclic) bond motifs is 7. The summed E-state index contributed by atoms with van der Waals surface area (Å²) in [5.41, 5.74) is 5.03. The minimum atomic E-state index is -0.569. The van der Waals surface area contributed by atoms with Crippen LogP contribution in [0.15, 0.2) is 79.0 Å². The molecular formula is C29H21BrFN5O. The largest absolute Gasteiger partial charge is 0.485 e. The van der Waals surface area contributed by atoms with Crippen molar-refractivity contribution in [1.29, 1.82) is 0 Å². The van der Waals surface area contributed by atoms with Crippen LogP contribution in [0.25, 0.3) is 44.1 Å². The highest BCUT2D eigenvalue weighted by Crippen LogP contribution is 2.51. The molecule has 8 heteroatoms. The number of nitrogens with zero attached hydrogens (tertiary/aromatic N) is 5. The Bertz CT molecular complexity index is 1830. The van der Waals surface area contributed by atoms with E-state index in [0.717, 1.165) is 49.7 Å². The molecule has 6 aromatic rings. The molecule has 3 heterocycles. The fourth-order valence-corrected chi connectivity index (χ4v) is 5.78. The van der Waals surface area contributed by atoms with Crippen LogP contribution in [0, 0.1) is 5.82 Å². The van der Waals surface area contributed by atoms with E-state index in [1.54, 1.807) is 12.1 Å². The fourth-order valence-electron chi connectivity index (χ4n) is 5.18. The summed E-state index contributed by atoms with van der Waals surface area (Å²) in [6, 6.07) is 22.0. The predicted molar refractivity (Wildman–Crippen MR) is 146 cm³/mol. The summed E-state index contributed by atoms with van der Waals surface area (Å²) < 4.78 is 22.1. The van der Waals surface area contributed by atoms with E-state index in [-0.39, 0.29) is 16.7 Å². The maximum Gasteiger partial charge on any atom is 0.135 e. The Balaban J connectivity index is 1.55. The maximum atomic E-state index is 13.5. The van der Waals surface area contributed by atoms with E-state index in [9.17, 15) is 4.39 Å². The highest BCUT2D eigenvalue weighted by molar-refractivity contribution is 9.09. The van der Waals surface area contributed by atoms with Crippen LogP contribution in [0.3, 0.4) is 0 Å². The molecule has 0 radical (unpaired) electrons. The molecule has 0 bridgehead atoms. The number of aromatic nitrogens is 5. The van der Waals surface area contributed by atoms with Gasteiger partial charge in [0.2, 0.25) is 0 Å². The molecule has 0 aliphatic carbocycles. The van der Waals surface area contributed by atoms with E-state index < -0.39 is 5.60 Å². The Hall–Kier alpha value is -3.91. The highest BCUT2D eigenvalue weighted by atomic mass is 79.9. The summed E-state index contributed by atoms with van der Waals surface area (Å²) in [5, 5.41) is 10.9. The Labute approximate surface area is 220 Å². The first kappa shape index (κ1) is 22.3. The second kappa shape index (κ2) is 8.05. The van der Waals surface area contributed by atoms with Crippen LogP contribution >= 0.6 is 15.9 Å². The van der Waals surface area contributed by atoms with E-state index in [0.29, 0.717) is 5.69 Å². The summed E-state index contributed by atoms with van der Waals surface area (Å²) >= 11 is 3.95. The average Bonchev–Trinajstić information content (AvgIpc) is 3.39. The van der Waals surface area contributed by atoms with Crippen LogP contribution in [0.1, 0.15) is 25.5 Å². The van der Waals surface area contributed by atoms with Crippen molar-refractivity contribution in [2.24, 2.45) is 0 Å². The summed E-state index contributed by atoms with van der Waals surface area (Å²) in [5.74, 6) is 0.484. The molecule has 182 valence electrons. The number of benzene rings is 4. The van der Waals surface area contributed by atoms with Crippen LogP contribution in [0.2, 0.25) is 0 Å². The normalized spacial score (nSPS) is 18.7. The number of rotatable bonds is 2. The maximum absolute atomic E-state index is 13.5. The Morgan fingerprint density at radius 1 is 0.865 bits per heavy atom. The Kier molecular flexibility index (Phi) is 4.85. The number of hydrogen-bond acceptors (Lipinski definition) is 5. The van der Waals surface area contributed by atoms with Crippen LogP contribution < -0.4 is 4.74 Å². The van der Waals surface area contributed by atoms with Gasteiger partial charge in [0.1, 0.15) is 28.9 Å². The third-order valence-electron chi connectivity index (χ3n) is 7.03. The number of ether oxygens (including phenoxy) is 1. The minimum absolute atomic E-state index is 0.159. The average molecular weight is 554 g/mol. The topological polar surface area (TPSA) is 65.7 Å². The lowest BCUT2D eigenvalue weighted by atomic mass is 9.86. The zero-order chi connectivity index (χ0) is 25.3. The standard InChI is InChI=1S/C29H21BrFN5O/c1-29(2)28(30)26(36-15-22(34-35-36)16-11-13-17(31)14-12-16)23-25-24(32-20-9-5-6-10-21(20)33-25)18-7-3-4-8-19(18)27(23)37-29/h3-15,26,28H,1-2H3/t26-,28+/m1/s1. The van der Waals surface area contributed by atoms with Gasteiger partial charge in [-0.3, -0.25) is 0 Å². The van der Waals surface area contributed by atoms with E-state index in [1.165, 1.54) is 12.1 Å². The molecule has 0 saturated carbocycles. The van der Waals surface area contributed by atoms with E-state index >= 15 is 0 Å². The lowest BCUT2D eigenvalue weighted by Crippen LogP contribution is -2.47. The predicted octanol–water partition coefficient (Wildman–Crippen LogP) is 6.86. The van der Waals surface area contributed by atoms with Gasteiger partial charge in [0.25, 0.3) is 0 Å². The lowest BCUT2D eigenvalue weighted by molar-refractivity contribution is 0.0772. The first-order chi connectivity index (χ1) is 17.9. The van der Waals surface area contributed by atoms with E-state index in [1.807, 2.05) is 47.3 Å². The van der Waals surface area contributed by atoms with Crippen molar-refractivity contribution in [3.63, 3.8) is 0 Å². The third kappa shape index (κ3) is 3.43. The molecule has 2 aromatic heterocycles. The molecule has 0 fully saturated rings. The smallest absolute Gasteiger partial charge is 0.135 e. The van der Waals surface area contributed by atoms with Crippen molar-refractivity contribution in [3.05, 3.63) is 90.4 Å². The van der Waals surface area contributed by atoms with Crippen molar-refractivity contribution < 1.29 is 9.13 Å². The van der Waals surface area contributed by atoms with Crippen LogP contribution in [-0.4, -0.2) is 35.4 Å². The zero-order valence-electron chi connectivity index (χ0n) is 20.1. The lowest BCUT2D eigenvalue weighted by Gasteiger charge is -2.42. The zero-order valence-corrected chi connectivity index (χ0v) is 21.6. The molecule has 1 aliphatic rings. The summed E-state index contributed by atoms with van der Waals surface area (Å²) in [7, 11) is 0. The van der Waals surface area contributed by atoms with Gasteiger partial charge in [-0.2, -0.15) is 0 Å². The highest BCUT2D eigenvalue weighted by Gasteiger charge is 2.46. The molecule has 0 amide bonds. The van der Waals surface area contributed by atoms with E-state index in [4.69, 9.17) is 14.7 Å². The van der Waals surface area contributed by atoms with E-state index in [2.05, 4.69) is 52.2 Å². The first-order valence-corrected chi connectivity index (χ1v) is 12.9. The van der Waals surface area contributed by atoms with Crippen molar-refractivity contribution in [3.8, 4) is 17.0 Å². The molecular weight excluding hydrogens is 533 g/mol. The van der Waals surface area contributed by atoms with Crippen LogP contribution in [0.4, 0.5) is 4.39 Å². The molecule has 0 N–H and O–H groups in total. The molecule has 6 nitrogen and oxygen atoms in total. The minimum Gasteiger partial charge on any atom is -0.485 e. The SMILES string of the molecule is CC1(C)Oc2c(c3nc4ccccc4nc3c3ccccc23)[C@@H](n2cc(-c3ccc(F)cc3)nn2)[C@@H]1Br. The molecule has 4 aromatic carbocycles. The van der Waals surface area contributed by atoms with Gasteiger partial charge < -0.3 is 4.74 Å². The van der Waals surface area contributed by atoms with Gasteiger partial charge in [-0.1, -0.05) is 57.5 Å². The van der Waals surface area contributed by atoms with Gasteiger partial charge in [-0.15, -0.1) is 5.10 Å². The molecule has 1 aliphatic heterocycles. The molecule has 0 unspecified atom stereocenters. The molecule has 37 heavy (non-hydrogen) atoms. The van der Waals surface area contributed by atoms with Gasteiger partial charge in [0.15, 0.2) is 0 Å². The number of halogens is 2. The fraction of sp³-hybridized carbons (Fsp3) is 0.172. The van der Waals surface area contributed by atoms with Crippen molar-refractivity contribution >= 4 is 48.8 Å². The summed E-state index contributed by atoms with van der Waals surface area (Å²) in [6.45, 7) is 4.12. The number of alkyl halides is 1. The monoisotopic (exact) mass is 553 g/mol. The molecule has 0 spiro atoms. The Morgan fingerprint density at radius 3 is 2.24 bits per heavy atom. The summed E-state index contributed by atoms with van der Waals surface area (Å²) in [4.78, 5) is 10.00. The molecule has 0 saturated heterocycles. The quantitative estimate of drug-likeness (QED) is 0.133. The van der Waals surface area contributed by atoms with Crippen LogP contribution in [0.5, 0.6) is 5.75 Å². The molecule has 2 atom stereocenters. The number of hydrogen-bond donors (Lipinski definition) is 0. The van der Waals surface area contributed by atoms with Gasteiger partial charge in [-0.25, -0.2) is 19.0 Å². The number of para-hydroxylation sites is 2. The Morgan fingerprint density at radius 2 is 1.51 bits per heavy atom. The van der Waals surface area contributed by atoms with Gasteiger partial charge in [-0.05, 0) is 50.2 Å². The van der Waals surface area contributed by atoms with Crippen molar-refractivity contribution in [2.45, 2.75) is 30.3 Å².